The molecule has 2 rings (SSSR count). The van der Waals surface area contributed by atoms with Crippen LogP contribution in [-0.2, 0) is 15.6 Å². The summed E-state index contributed by atoms with van der Waals surface area (Å²) in [7, 11) is -3.67. The number of sulfone groups is 1. The van der Waals surface area contributed by atoms with E-state index in [0.29, 0.717) is 9.48 Å². The highest BCUT2D eigenvalue weighted by Gasteiger charge is 2.22. The van der Waals surface area contributed by atoms with Gasteiger partial charge in [0.25, 0.3) is 0 Å². The monoisotopic (exact) mass is 389 g/mol. The maximum absolute atomic E-state index is 12.5. The molecule has 1 N–H and O–H groups in total. The van der Waals surface area contributed by atoms with Gasteiger partial charge in [-0.1, -0.05) is 0 Å². The van der Waals surface area contributed by atoms with Gasteiger partial charge in [0.1, 0.15) is 10.8 Å². The standard InChI is InChI=1S/C13H12BrNO4S2/c1-7-8(2)20-12(15-7)6-21(18,19)11-5-9(13(16)17)3-4-10(11)14/h3-5H,6H2,1-2H3,(H,16,17). The summed E-state index contributed by atoms with van der Waals surface area (Å²) >= 11 is 4.49. The van der Waals surface area contributed by atoms with Gasteiger partial charge in [-0.05, 0) is 48.0 Å². The number of halogens is 1. The fourth-order valence-electron chi connectivity index (χ4n) is 1.72. The van der Waals surface area contributed by atoms with E-state index < -0.39 is 15.8 Å². The zero-order chi connectivity index (χ0) is 15.8. The number of aromatic nitrogens is 1. The number of hydrogen-bond donors (Lipinski definition) is 1. The highest BCUT2D eigenvalue weighted by molar-refractivity contribution is 9.10. The van der Waals surface area contributed by atoms with Gasteiger partial charge in [0.05, 0.1) is 16.2 Å². The van der Waals surface area contributed by atoms with Gasteiger partial charge in [-0.15, -0.1) is 11.3 Å². The highest BCUT2D eigenvalue weighted by Crippen LogP contribution is 2.28. The number of rotatable bonds is 4. The normalized spacial score (nSPS) is 11.6. The first kappa shape index (κ1) is 16.1. The second-order valence-electron chi connectivity index (χ2n) is 4.46. The van der Waals surface area contributed by atoms with Crippen LogP contribution in [0.25, 0.3) is 0 Å². The predicted molar refractivity (Wildman–Crippen MR) is 83.6 cm³/mol. The molecule has 8 heteroatoms. The molecule has 1 heterocycles. The van der Waals surface area contributed by atoms with Crippen LogP contribution < -0.4 is 0 Å². The lowest BCUT2D eigenvalue weighted by Gasteiger charge is -2.06. The first-order chi connectivity index (χ1) is 9.70. The molecule has 5 nitrogen and oxygen atoms in total. The van der Waals surface area contributed by atoms with E-state index in [9.17, 15) is 13.2 Å². The second-order valence-corrected chi connectivity index (χ2v) is 8.56. The SMILES string of the molecule is Cc1nc(CS(=O)(=O)c2cc(C(=O)O)ccc2Br)sc1C. The third-order valence-electron chi connectivity index (χ3n) is 2.90. The van der Waals surface area contributed by atoms with Crippen LogP contribution >= 0.6 is 27.3 Å². The number of carbonyl (C=O) groups is 1. The van der Waals surface area contributed by atoms with Crippen molar-refractivity contribution in [2.45, 2.75) is 24.5 Å². The van der Waals surface area contributed by atoms with E-state index >= 15 is 0 Å². The molecule has 0 saturated carbocycles. The van der Waals surface area contributed by atoms with E-state index in [4.69, 9.17) is 5.11 Å². The van der Waals surface area contributed by atoms with Crippen LogP contribution in [0.3, 0.4) is 0 Å². The summed E-state index contributed by atoms with van der Waals surface area (Å²) in [5.74, 6) is -1.41. The molecule has 21 heavy (non-hydrogen) atoms. The minimum Gasteiger partial charge on any atom is -0.478 e. The van der Waals surface area contributed by atoms with Crippen molar-refractivity contribution < 1.29 is 18.3 Å². The number of aromatic carboxylic acids is 1. The summed E-state index contributed by atoms with van der Waals surface area (Å²) in [6.07, 6.45) is 0. The van der Waals surface area contributed by atoms with Crippen molar-refractivity contribution in [3.63, 3.8) is 0 Å². The predicted octanol–water partition coefficient (Wildman–Crippen LogP) is 3.19. The first-order valence-electron chi connectivity index (χ1n) is 5.89. The molecule has 2 aromatic rings. The molecule has 1 aromatic heterocycles. The van der Waals surface area contributed by atoms with E-state index in [2.05, 4.69) is 20.9 Å². The number of thiazole rings is 1. The summed E-state index contributed by atoms with van der Waals surface area (Å²) in [5, 5.41) is 9.47. The molecule has 112 valence electrons. The maximum Gasteiger partial charge on any atom is 0.335 e. The molecule has 0 radical (unpaired) electrons. The molecule has 0 fully saturated rings. The van der Waals surface area contributed by atoms with Crippen LogP contribution in [0.1, 0.15) is 25.9 Å². The molecule has 0 unspecified atom stereocenters. The van der Waals surface area contributed by atoms with Gasteiger partial charge in [0.15, 0.2) is 9.84 Å². The maximum atomic E-state index is 12.5. The van der Waals surface area contributed by atoms with E-state index in [1.807, 2.05) is 13.8 Å². The third kappa shape index (κ3) is 3.50. The van der Waals surface area contributed by atoms with E-state index in [1.165, 1.54) is 23.5 Å². The summed E-state index contributed by atoms with van der Waals surface area (Å²) in [5.41, 5.74) is 0.742. The third-order valence-corrected chi connectivity index (χ3v) is 6.77. The molecular formula is C13H12BrNO4S2. The lowest BCUT2D eigenvalue weighted by Crippen LogP contribution is -2.08. The smallest absolute Gasteiger partial charge is 0.335 e. The molecule has 0 aliphatic heterocycles. The lowest BCUT2D eigenvalue weighted by atomic mass is 10.2. The van der Waals surface area contributed by atoms with Gasteiger partial charge in [-0.2, -0.15) is 0 Å². The van der Waals surface area contributed by atoms with Crippen molar-refractivity contribution in [3.05, 3.63) is 43.8 Å². The molecule has 0 aliphatic carbocycles. The Morgan fingerprint density at radius 3 is 2.57 bits per heavy atom. The second kappa shape index (κ2) is 5.86. The summed E-state index contributed by atoms with van der Waals surface area (Å²) in [6, 6.07) is 3.94. The number of aryl methyl sites for hydroxylation is 2. The zero-order valence-corrected chi connectivity index (χ0v) is 14.5. The van der Waals surface area contributed by atoms with Gasteiger partial charge < -0.3 is 5.11 Å². The Morgan fingerprint density at radius 2 is 2.05 bits per heavy atom. The molecule has 0 spiro atoms. The zero-order valence-electron chi connectivity index (χ0n) is 11.3. The molecule has 0 saturated heterocycles. The van der Waals surface area contributed by atoms with E-state index in [-0.39, 0.29) is 16.2 Å². The summed E-state index contributed by atoms with van der Waals surface area (Å²) in [6.45, 7) is 3.70. The summed E-state index contributed by atoms with van der Waals surface area (Å²) in [4.78, 5) is 16.1. The van der Waals surface area contributed by atoms with Crippen LogP contribution in [0, 0.1) is 13.8 Å². The molecular weight excluding hydrogens is 378 g/mol. The quantitative estimate of drug-likeness (QED) is 0.867. The Labute approximate surface area is 134 Å². The minimum absolute atomic E-state index is 0.0343. The number of nitrogens with zero attached hydrogens (tertiary/aromatic N) is 1. The van der Waals surface area contributed by atoms with Crippen LogP contribution in [0.2, 0.25) is 0 Å². The Bertz CT molecular complexity index is 792. The first-order valence-corrected chi connectivity index (χ1v) is 9.15. The fraction of sp³-hybridized carbons (Fsp3) is 0.231. The van der Waals surface area contributed by atoms with Crippen LogP contribution in [-0.4, -0.2) is 24.5 Å². The van der Waals surface area contributed by atoms with Crippen molar-refractivity contribution in [2.75, 3.05) is 0 Å². The fourth-order valence-corrected chi connectivity index (χ4v) is 5.35. The number of carboxylic acid groups (broad SMARTS) is 1. The van der Waals surface area contributed by atoms with Gasteiger partial charge in [0, 0.05) is 9.35 Å². The van der Waals surface area contributed by atoms with Gasteiger partial charge in [0.2, 0.25) is 0 Å². The van der Waals surface area contributed by atoms with Crippen LogP contribution in [0.15, 0.2) is 27.6 Å². The van der Waals surface area contributed by atoms with E-state index in [1.54, 1.807) is 0 Å². The van der Waals surface area contributed by atoms with Gasteiger partial charge >= 0.3 is 5.97 Å². The topological polar surface area (TPSA) is 84.3 Å². The average Bonchev–Trinajstić information content (AvgIpc) is 2.67. The Morgan fingerprint density at radius 1 is 1.38 bits per heavy atom. The van der Waals surface area contributed by atoms with Crippen LogP contribution in [0.5, 0.6) is 0 Å². The molecule has 0 amide bonds. The molecule has 0 atom stereocenters. The Hall–Kier alpha value is -1.25. The van der Waals surface area contributed by atoms with Crippen molar-refractivity contribution in [3.8, 4) is 0 Å². The largest absolute Gasteiger partial charge is 0.478 e. The van der Waals surface area contributed by atoms with Crippen molar-refractivity contribution in [1.29, 1.82) is 0 Å². The van der Waals surface area contributed by atoms with Gasteiger partial charge in [-0.25, -0.2) is 18.2 Å². The molecule has 0 bridgehead atoms. The van der Waals surface area contributed by atoms with E-state index in [0.717, 1.165) is 16.6 Å². The van der Waals surface area contributed by atoms with Crippen molar-refractivity contribution in [2.24, 2.45) is 0 Å². The highest BCUT2D eigenvalue weighted by atomic mass is 79.9. The Kier molecular flexibility index (Phi) is 4.50. The summed E-state index contributed by atoms with van der Waals surface area (Å²) < 4.78 is 25.3. The lowest BCUT2D eigenvalue weighted by molar-refractivity contribution is 0.0696. The Balaban J connectivity index is 2.44. The van der Waals surface area contributed by atoms with Crippen molar-refractivity contribution in [1.82, 2.24) is 4.98 Å². The minimum atomic E-state index is -3.67. The average molecular weight is 390 g/mol. The number of carboxylic acids is 1. The van der Waals surface area contributed by atoms with Crippen molar-refractivity contribution >= 4 is 43.1 Å². The number of hydrogen-bond acceptors (Lipinski definition) is 5. The number of benzene rings is 1. The molecule has 0 aliphatic rings. The molecule has 1 aromatic carbocycles. The van der Waals surface area contributed by atoms with Crippen LogP contribution in [0.4, 0.5) is 0 Å². The van der Waals surface area contributed by atoms with Gasteiger partial charge in [-0.3, -0.25) is 0 Å².